The number of carbonyl (C=O) groups excluding carboxylic acids is 1. The molecule has 30 heavy (non-hydrogen) atoms. The van der Waals surface area contributed by atoms with Gasteiger partial charge in [0.2, 0.25) is 0 Å². The zero-order valence-electron chi connectivity index (χ0n) is 38.8. The van der Waals surface area contributed by atoms with Crippen molar-refractivity contribution in [2.24, 2.45) is 23.4 Å². The number of methoxy groups -OCH3 is 2. The Balaban J connectivity index is 2.82. The summed E-state index contributed by atoms with van der Waals surface area (Å²) in [6.07, 6.45) is -17.6. The van der Waals surface area contributed by atoms with E-state index in [9.17, 15) is 14.4 Å². The fraction of sp³-hybridized carbons (Fsp3) is 0.708. The van der Waals surface area contributed by atoms with Crippen LogP contribution in [0.5, 0.6) is 11.5 Å². The molecule has 168 valence electrons. The molecule has 0 aliphatic carbocycles. The van der Waals surface area contributed by atoms with E-state index < -0.39 is 127 Å². The third-order valence-corrected chi connectivity index (χ3v) is 4.18. The van der Waals surface area contributed by atoms with E-state index in [0.717, 1.165) is 7.11 Å². The monoisotopic (exact) mass is 440 g/mol. The van der Waals surface area contributed by atoms with Gasteiger partial charge in [-0.15, -0.1) is 0 Å². The first-order chi connectivity index (χ1) is 22.7. The molecule has 2 heterocycles. The SMILES string of the molecule is [2H]c1c(OC)c(OC([2H])([2H])[2H])c([2H])c2c1C([2H])([2H])C([2H])([2H])N1C([2H])([2H])C([2H])(C([2H])([2H])C([2H])(C)C([2H])([2H])[2H])C([2H])(OC(=O)[C@@H](N)C(C)C)C([2H])([2H])C21[2H]. The molecule has 0 radical (unpaired) electrons. The summed E-state index contributed by atoms with van der Waals surface area (Å²) < 4.78 is 206. The van der Waals surface area contributed by atoms with Gasteiger partial charge in [-0.05, 0) is 47.8 Å². The number of hydrogen-bond acceptors (Lipinski definition) is 6. The Kier molecular flexibility index (Phi) is 2.44. The fourth-order valence-electron chi connectivity index (χ4n) is 2.56. The van der Waals surface area contributed by atoms with E-state index in [0.29, 0.717) is 6.92 Å². The molecule has 2 N–H and O–H groups in total. The summed E-state index contributed by atoms with van der Waals surface area (Å²) in [5.74, 6) is -13.5. The van der Waals surface area contributed by atoms with Crippen molar-refractivity contribution in [2.75, 3.05) is 27.1 Å². The van der Waals surface area contributed by atoms with Crippen LogP contribution in [0.15, 0.2) is 12.1 Å². The molecule has 0 bridgehead atoms. The first kappa shape index (κ1) is 7.66. The average Bonchev–Trinajstić information content (AvgIpc) is 2.94. The first-order valence-corrected chi connectivity index (χ1v) is 8.91. The normalized spacial score (nSPS) is 53.0. The lowest BCUT2D eigenvalue weighted by Crippen LogP contribution is -2.51. The molecular formula is C24H38N2O4. The molecule has 0 spiro atoms. The zero-order chi connectivity index (χ0) is 41.4. The van der Waals surface area contributed by atoms with Crippen molar-refractivity contribution in [2.45, 2.75) is 64.9 Å². The van der Waals surface area contributed by atoms with E-state index in [1.54, 1.807) is 0 Å². The van der Waals surface area contributed by atoms with Crippen LogP contribution in [-0.2, 0) is 15.9 Å². The van der Waals surface area contributed by atoms with Gasteiger partial charge in [-0.1, -0.05) is 27.6 Å². The van der Waals surface area contributed by atoms with Gasteiger partial charge < -0.3 is 19.9 Å². The number of benzene rings is 1. The second kappa shape index (κ2) is 9.56. The van der Waals surface area contributed by atoms with Gasteiger partial charge in [0.05, 0.1) is 23.7 Å². The molecule has 2 aliphatic rings. The minimum atomic E-state index is -4.71. The lowest BCUT2D eigenvalue weighted by Gasteiger charge is -2.47. The van der Waals surface area contributed by atoms with Crippen LogP contribution in [0.2, 0.25) is 0 Å². The summed E-state index contributed by atoms with van der Waals surface area (Å²) in [5, 5.41) is 0. The molecule has 0 amide bonds. The van der Waals surface area contributed by atoms with Crippen LogP contribution in [0.25, 0.3) is 0 Å². The van der Waals surface area contributed by atoms with Crippen LogP contribution in [0.3, 0.4) is 0 Å². The highest BCUT2D eigenvalue weighted by atomic mass is 16.5. The van der Waals surface area contributed by atoms with Crippen LogP contribution in [0, 0.1) is 17.7 Å². The van der Waals surface area contributed by atoms with Gasteiger partial charge >= 0.3 is 5.97 Å². The summed E-state index contributed by atoms with van der Waals surface area (Å²) in [6, 6.07) is -8.97. The summed E-state index contributed by atoms with van der Waals surface area (Å²) in [5.41, 5.74) is 2.85. The van der Waals surface area contributed by atoms with E-state index in [1.165, 1.54) is 13.8 Å². The van der Waals surface area contributed by atoms with E-state index in [1.807, 2.05) is 0 Å². The van der Waals surface area contributed by atoms with Crippen molar-refractivity contribution >= 4 is 5.97 Å². The van der Waals surface area contributed by atoms with Crippen molar-refractivity contribution in [1.82, 2.24) is 4.90 Å². The average molecular weight is 441 g/mol. The van der Waals surface area contributed by atoms with Crippen molar-refractivity contribution in [1.29, 1.82) is 0 Å². The minimum absolute atomic E-state index is 0.324. The van der Waals surface area contributed by atoms with E-state index >= 15 is 0 Å². The number of piperidine rings is 1. The minimum Gasteiger partial charge on any atom is -0.493 e. The fourth-order valence-corrected chi connectivity index (χ4v) is 2.56. The predicted octanol–water partition coefficient (Wildman–Crippen LogP) is 3.56. The Morgan fingerprint density at radius 3 is 2.90 bits per heavy atom. The Labute approximate surface area is 211 Å². The third-order valence-electron chi connectivity index (χ3n) is 4.18. The second-order valence-corrected chi connectivity index (χ2v) is 6.77. The van der Waals surface area contributed by atoms with Crippen molar-refractivity contribution in [3.05, 3.63) is 23.2 Å². The Hall–Kier alpha value is -1.79. The molecule has 1 aromatic rings. The van der Waals surface area contributed by atoms with Crippen LogP contribution in [-0.4, -0.2) is 50.1 Å². The quantitative estimate of drug-likeness (QED) is 0.654. The molecule has 0 aromatic heterocycles. The number of carbonyl (C=O) groups is 1. The lowest BCUT2D eigenvalue weighted by molar-refractivity contribution is -0.160. The van der Waals surface area contributed by atoms with Gasteiger partial charge in [0.15, 0.2) is 11.5 Å². The van der Waals surface area contributed by atoms with Crippen LogP contribution >= 0.6 is 0 Å². The highest BCUT2D eigenvalue weighted by Crippen LogP contribution is 2.44. The maximum Gasteiger partial charge on any atom is 0.323 e. The first-order valence-electron chi connectivity index (χ1n) is 19.9. The number of fused-ring (bicyclic) bond motifs is 3. The van der Waals surface area contributed by atoms with E-state index in [4.69, 9.17) is 40.5 Å². The third kappa shape index (κ3) is 4.75. The number of nitrogens with zero attached hydrogens (tertiary/aromatic N) is 1. The highest BCUT2D eigenvalue weighted by Gasteiger charge is 2.41. The summed E-state index contributed by atoms with van der Waals surface area (Å²) in [7, 11) is -2.69. The maximum absolute atomic E-state index is 13.5. The summed E-state index contributed by atoms with van der Waals surface area (Å²) in [4.78, 5) is 12.8. The second-order valence-electron chi connectivity index (χ2n) is 6.77. The van der Waals surface area contributed by atoms with Crippen LogP contribution in [0.1, 0.15) is 87.7 Å². The predicted molar refractivity (Wildman–Crippen MR) is 118 cm³/mol. The molecule has 3 rings (SSSR count). The van der Waals surface area contributed by atoms with Gasteiger partial charge in [0.25, 0.3) is 0 Å². The van der Waals surface area contributed by atoms with Gasteiger partial charge in [-0.25, -0.2) is 0 Å². The molecule has 2 aliphatic heterocycles. The number of hydrogen-bond donors (Lipinski definition) is 1. The van der Waals surface area contributed by atoms with Crippen molar-refractivity contribution in [3.63, 3.8) is 0 Å². The molecule has 1 saturated heterocycles. The molecule has 0 saturated carbocycles. The summed E-state index contributed by atoms with van der Waals surface area (Å²) in [6.45, 7) is -9.76. The molecule has 1 fully saturated rings. The van der Waals surface area contributed by atoms with Gasteiger partial charge in [0, 0.05) is 51.8 Å². The summed E-state index contributed by atoms with van der Waals surface area (Å²) >= 11 is 0. The number of esters is 1. The Bertz CT molecular complexity index is 1630. The smallest absolute Gasteiger partial charge is 0.323 e. The van der Waals surface area contributed by atoms with Crippen LogP contribution in [0.4, 0.5) is 0 Å². The molecule has 1 aromatic carbocycles. The van der Waals surface area contributed by atoms with Gasteiger partial charge in [-0.3, -0.25) is 9.69 Å². The number of ether oxygens (including phenoxy) is 3. The van der Waals surface area contributed by atoms with E-state index in [2.05, 4.69) is 0 Å². The molecule has 6 heteroatoms. The largest absolute Gasteiger partial charge is 0.493 e. The van der Waals surface area contributed by atoms with Gasteiger partial charge in [-0.2, -0.15) is 0 Å². The molecule has 5 atom stereocenters. The highest BCUT2D eigenvalue weighted by molar-refractivity contribution is 5.76. The molecule has 6 nitrogen and oxygen atoms in total. The Morgan fingerprint density at radius 1 is 1.47 bits per heavy atom. The number of rotatable bonds is 7. The number of nitrogens with two attached hydrogens (primary N) is 1. The van der Waals surface area contributed by atoms with Crippen LogP contribution < -0.4 is 15.2 Å². The zero-order valence-corrected chi connectivity index (χ0v) is 16.8. The van der Waals surface area contributed by atoms with Crippen molar-refractivity contribution < 1.29 is 49.2 Å². The molecular weight excluding hydrogens is 380 g/mol. The standard InChI is InChI=1S/C24H38N2O4/c1-14(2)9-17-13-26-8-7-16-10-21(28-5)22(29-6)11-18(16)19(26)12-20(17)30-24(27)23(25)15(3)4/h10-11,14-15,17,19-20,23H,7-9,12-13,25H2,1-6H3/t17?,19?,20?,23-/m0/s1/i1D3,6D3,7D2,8D2,9D2,10D,11D,12D2,13D2,14D,17D,19D,20D/t14?,17?,19?,20?,23-. The molecule has 4 unspecified atom stereocenters. The van der Waals surface area contributed by atoms with E-state index in [-0.39, 0.29) is 0 Å². The Morgan fingerprint density at radius 2 is 2.23 bits per heavy atom. The maximum atomic E-state index is 13.5. The van der Waals surface area contributed by atoms with Crippen molar-refractivity contribution in [3.8, 4) is 11.5 Å². The lowest BCUT2D eigenvalue weighted by atomic mass is 9.79. The van der Waals surface area contributed by atoms with Gasteiger partial charge in [0.1, 0.15) is 12.1 Å². The topological polar surface area (TPSA) is 74.0 Å².